The second-order valence-corrected chi connectivity index (χ2v) is 17.3. The van der Waals surface area contributed by atoms with E-state index in [1.54, 1.807) is 0 Å². The molecule has 1 aromatic carbocycles. The van der Waals surface area contributed by atoms with Crippen LogP contribution in [0.15, 0.2) is 35.4 Å². The van der Waals surface area contributed by atoms with E-state index < -0.39 is 8.60 Å². The fraction of sp³-hybridized carbons (Fsp3) is 0.632. The molecule has 3 rings (SSSR count). The molecule has 42 heavy (non-hydrogen) atoms. The van der Waals surface area contributed by atoms with Gasteiger partial charge in [-0.15, -0.1) is 6.42 Å². The Kier molecular flexibility index (Phi) is 10.3. The van der Waals surface area contributed by atoms with Gasteiger partial charge in [0.1, 0.15) is 5.75 Å². The highest BCUT2D eigenvalue weighted by Gasteiger charge is 2.44. The van der Waals surface area contributed by atoms with E-state index in [-0.39, 0.29) is 45.5 Å². The smallest absolute Gasteiger partial charge is 0.397 e. The molecule has 0 N–H and O–H groups in total. The first-order chi connectivity index (χ1) is 19.2. The Hall–Kier alpha value is -2.03. The van der Waals surface area contributed by atoms with Crippen molar-refractivity contribution in [2.75, 3.05) is 6.61 Å². The van der Waals surface area contributed by atoms with Crippen molar-refractivity contribution in [3.05, 3.63) is 52.1 Å². The van der Waals surface area contributed by atoms with Crippen LogP contribution in [0, 0.1) is 46.9 Å². The molecule has 2 aliphatic rings. The molecule has 0 amide bonds. The van der Waals surface area contributed by atoms with Gasteiger partial charge in [-0.1, -0.05) is 127 Å². The van der Waals surface area contributed by atoms with E-state index in [4.69, 9.17) is 20.0 Å². The average molecular weight is 591 g/mol. The maximum Gasteiger partial charge on any atom is 0.397 e. The standard InChI is InChI=1S/C38H55O3P/c1-16-18-19-26(17-2)24-39-42-40-33-29(20-27(35(4,5)6)22-31(33)37(10,11)12)25(3)30-21-28(36(7,8)9)23-32(34(30)41-42)38(13,14)15/h1,20-23,25-26,29,33H,17,24H2,2-15H3. The summed E-state index contributed by atoms with van der Waals surface area (Å²) in [6.45, 7) is 32.3. The Morgan fingerprint density at radius 1 is 0.929 bits per heavy atom. The molecular formula is C38H55O3P. The molecule has 5 unspecified atom stereocenters. The van der Waals surface area contributed by atoms with Crippen LogP contribution in [-0.2, 0) is 19.9 Å². The van der Waals surface area contributed by atoms with Gasteiger partial charge in [0, 0.05) is 17.4 Å². The molecule has 3 nitrogen and oxygen atoms in total. The van der Waals surface area contributed by atoms with E-state index in [0.717, 1.165) is 12.2 Å². The minimum Gasteiger partial charge on any atom is -0.426 e. The normalized spacial score (nSPS) is 23.8. The van der Waals surface area contributed by atoms with Crippen molar-refractivity contribution in [3.8, 4) is 29.9 Å². The molecule has 5 atom stereocenters. The maximum atomic E-state index is 7.01. The minimum atomic E-state index is -1.72. The van der Waals surface area contributed by atoms with Crippen LogP contribution in [0.25, 0.3) is 0 Å². The molecule has 0 fully saturated rings. The lowest BCUT2D eigenvalue weighted by atomic mass is 9.67. The summed E-state index contributed by atoms with van der Waals surface area (Å²) >= 11 is 0. The molecular weight excluding hydrogens is 535 g/mol. The van der Waals surface area contributed by atoms with E-state index in [9.17, 15) is 0 Å². The van der Waals surface area contributed by atoms with Gasteiger partial charge in [-0.2, -0.15) is 0 Å². The Balaban J connectivity index is 2.30. The Labute approximate surface area is 259 Å². The Morgan fingerprint density at radius 3 is 2.07 bits per heavy atom. The number of terminal acetylenes is 1. The summed E-state index contributed by atoms with van der Waals surface area (Å²) in [5.41, 5.74) is 6.17. The van der Waals surface area contributed by atoms with Crippen molar-refractivity contribution in [1.29, 1.82) is 0 Å². The highest BCUT2D eigenvalue weighted by molar-refractivity contribution is 7.42. The van der Waals surface area contributed by atoms with Crippen LogP contribution < -0.4 is 4.52 Å². The summed E-state index contributed by atoms with van der Waals surface area (Å²) in [5.74, 6) is 9.58. The predicted octanol–water partition coefficient (Wildman–Crippen LogP) is 10.6. The van der Waals surface area contributed by atoms with Crippen molar-refractivity contribution in [3.63, 3.8) is 0 Å². The Bertz CT molecular complexity index is 1300. The first kappa shape index (κ1) is 34.5. The van der Waals surface area contributed by atoms with Gasteiger partial charge >= 0.3 is 8.60 Å². The summed E-state index contributed by atoms with van der Waals surface area (Å²) in [4.78, 5) is 0. The summed E-state index contributed by atoms with van der Waals surface area (Å²) in [6, 6.07) is 4.72. The van der Waals surface area contributed by atoms with Crippen LogP contribution in [0.1, 0.15) is 126 Å². The summed E-state index contributed by atoms with van der Waals surface area (Å²) in [5, 5.41) is 0. The predicted molar refractivity (Wildman–Crippen MR) is 180 cm³/mol. The van der Waals surface area contributed by atoms with Gasteiger partial charge in [0.25, 0.3) is 0 Å². The van der Waals surface area contributed by atoms with Crippen molar-refractivity contribution in [1.82, 2.24) is 0 Å². The molecule has 230 valence electrons. The average Bonchev–Trinajstić information content (AvgIpc) is 2.84. The molecule has 1 aliphatic heterocycles. The summed E-state index contributed by atoms with van der Waals surface area (Å²) in [6.07, 6.45) is 10.9. The molecule has 0 bridgehead atoms. The van der Waals surface area contributed by atoms with Crippen LogP contribution in [0.3, 0.4) is 0 Å². The van der Waals surface area contributed by atoms with E-state index in [0.29, 0.717) is 6.61 Å². The summed E-state index contributed by atoms with van der Waals surface area (Å²) in [7, 11) is -1.72. The van der Waals surface area contributed by atoms with Crippen LogP contribution in [0.4, 0.5) is 0 Å². The highest BCUT2D eigenvalue weighted by atomic mass is 31.2. The fourth-order valence-corrected chi connectivity index (χ4v) is 6.78. The third-order valence-corrected chi connectivity index (χ3v) is 9.61. The first-order valence-electron chi connectivity index (χ1n) is 15.6. The lowest BCUT2D eigenvalue weighted by Gasteiger charge is -2.44. The van der Waals surface area contributed by atoms with E-state index in [2.05, 4.69) is 139 Å². The number of benzene rings is 1. The zero-order chi connectivity index (χ0) is 31.8. The number of hydrogen-bond acceptors (Lipinski definition) is 3. The summed E-state index contributed by atoms with van der Waals surface area (Å²) < 4.78 is 20.5. The van der Waals surface area contributed by atoms with Crippen LogP contribution in [0.5, 0.6) is 5.75 Å². The molecule has 0 radical (unpaired) electrons. The molecule has 0 saturated carbocycles. The minimum absolute atomic E-state index is 0.00621. The van der Waals surface area contributed by atoms with Gasteiger partial charge in [-0.05, 0) is 68.1 Å². The van der Waals surface area contributed by atoms with Gasteiger partial charge in [-0.25, -0.2) is 0 Å². The van der Waals surface area contributed by atoms with Crippen molar-refractivity contribution >= 4 is 8.60 Å². The zero-order valence-corrected chi connectivity index (χ0v) is 29.7. The third-order valence-electron chi connectivity index (χ3n) is 8.52. The van der Waals surface area contributed by atoms with Gasteiger partial charge in [0.15, 0.2) is 0 Å². The molecule has 0 saturated heterocycles. The zero-order valence-electron chi connectivity index (χ0n) is 28.8. The van der Waals surface area contributed by atoms with Crippen molar-refractivity contribution in [2.24, 2.45) is 22.7 Å². The monoisotopic (exact) mass is 590 g/mol. The number of fused-ring (bicyclic) bond motifs is 2. The van der Waals surface area contributed by atoms with E-state index in [1.165, 1.54) is 27.8 Å². The van der Waals surface area contributed by atoms with Crippen LogP contribution >= 0.6 is 8.60 Å². The quantitative estimate of drug-likeness (QED) is 0.258. The van der Waals surface area contributed by atoms with Crippen LogP contribution in [-0.4, -0.2) is 12.7 Å². The number of hydrogen-bond donors (Lipinski definition) is 0. The second-order valence-electron chi connectivity index (χ2n) is 16.2. The lowest BCUT2D eigenvalue weighted by molar-refractivity contribution is 0.105. The molecule has 1 aromatic rings. The molecule has 0 aromatic heterocycles. The highest BCUT2D eigenvalue weighted by Crippen LogP contribution is 2.57. The molecule has 1 aliphatic carbocycles. The maximum absolute atomic E-state index is 7.01. The lowest BCUT2D eigenvalue weighted by Crippen LogP contribution is -2.38. The molecule has 4 heteroatoms. The van der Waals surface area contributed by atoms with Crippen molar-refractivity contribution in [2.45, 2.75) is 126 Å². The van der Waals surface area contributed by atoms with E-state index in [1.807, 2.05) is 0 Å². The molecule has 1 heterocycles. The van der Waals surface area contributed by atoms with Crippen molar-refractivity contribution < 1.29 is 13.6 Å². The van der Waals surface area contributed by atoms with Gasteiger partial charge in [0.2, 0.25) is 0 Å². The Morgan fingerprint density at radius 2 is 1.57 bits per heavy atom. The third kappa shape index (κ3) is 7.92. The van der Waals surface area contributed by atoms with Gasteiger partial charge in [0.05, 0.1) is 12.7 Å². The number of rotatable bonds is 4. The fourth-order valence-electron chi connectivity index (χ4n) is 5.53. The second kappa shape index (κ2) is 12.5. The van der Waals surface area contributed by atoms with E-state index >= 15 is 0 Å². The first-order valence-corrected chi connectivity index (χ1v) is 16.6. The van der Waals surface area contributed by atoms with Gasteiger partial charge in [-0.3, -0.25) is 4.52 Å². The van der Waals surface area contributed by atoms with Gasteiger partial charge < -0.3 is 9.05 Å². The SMILES string of the molecule is C#CC#CC(CC)COP1Oc2c(cc(C(C)(C)C)cc2C(C)(C)C)C(C)C2C=C(C(C)(C)C)C=C(C(C)(C)C)C2O1. The largest absolute Gasteiger partial charge is 0.426 e. The number of allylic oxidation sites excluding steroid dienone is 2. The topological polar surface area (TPSA) is 27.7 Å². The van der Waals surface area contributed by atoms with Crippen LogP contribution in [0.2, 0.25) is 0 Å². The molecule has 0 spiro atoms.